The summed E-state index contributed by atoms with van der Waals surface area (Å²) in [7, 11) is -5.21. The summed E-state index contributed by atoms with van der Waals surface area (Å²) in [5.41, 5.74) is -5.24. The van der Waals surface area contributed by atoms with Crippen LogP contribution < -0.4 is 0 Å². The molecule has 84 valence electrons. The van der Waals surface area contributed by atoms with Crippen molar-refractivity contribution in [2.24, 2.45) is 0 Å². The van der Waals surface area contributed by atoms with Crippen LogP contribution in [0.1, 0.15) is 0 Å². The maximum absolute atomic E-state index is 12.1. The largest absolute Gasteiger partial charge is 0.501 e. The second-order valence-electron chi connectivity index (χ2n) is 2.62. The molecule has 1 rings (SSSR count). The first-order valence-corrected chi connectivity index (χ1v) is 6.45. The van der Waals surface area contributed by atoms with Crippen LogP contribution in [0.2, 0.25) is 0 Å². The van der Waals surface area contributed by atoms with E-state index in [1.807, 2.05) is 0 Å². The van der Waals surface area contributed by atoms with Gasteiger partial charge in [0.15, 0.2) is 0 Å². The molecule has 0 aliphatic rings. The molecule has 1 aromatic rings. The van der Waals surface area contributed by atoms with Crippen LogP contribution in [0.4, 0.5) is 13.2 Å². The molecule has 0 aromatic heterocycles. The fraction of sp³-hybridized carbons (Fsp3) is 0.250. The maximum atomic E-state index is 12.1. The van der Waals surface area contributed by atoms with E-state index in [9.17, 15) is 21.6 Å². The molecule has 0 fully saturated rings. The summed E-state index contributed by atoms with van der Waals surface area (Å²) in [5.74, 6) is 0. The minimum absolute atomic E-state index is 0.705. The van der Waals surface area contributed by atoms with E-state index in [4.69, 9.17) is 0 Å². The number of halogens is 3. The van der Waals surface area contributed by atoms with Gasteiger partial charge in [-0.2, -0.15) is 13.2 Å². The van der Waals surface area contributed by atoms with Gasteiger partial charge in [-0.25, -0.2) is 8.42 Å². The maximum Gasteiger partial charge on any atom is 0.501 e. The molecule has 0 bridgehead atoms. The molecular weight excluding hydrogens is 249 g/mol. The standard InChI is InChI=1S/C8H7F3O2S2/c1-14-6-2-4-7(5-3-6)15(12,13)8(9,10)11/h2-5H,1H3. The second kappa shape index (κ2) is 4.05. The predicted octanol–water partition coefficient (Wildman–Crippen LogP) is 2.70. The normalized spacial score (nSPS) is 12.8. The van der Waals surface area contributed by atoms with Gasteiger partial charge in [-0.15, -0.1) is 11.8 Å². The molecular formula is C8H7F3O2S2. The van der Waals surface area contributed by atoms with Gasteiger partial charge in [-0.1, -0.05) is 0 Å². The number of alkyl halides is 3. The number of benzene rings is 1. The Kier molecular flexibility index (Phi) is 3.34. The van der Waals surface area contributed by atoms with E-state index in [2.05, 4.69) is 0 Å². The van der Waals surface area contributed by atoms with Crippen molar-refractivity contribution < 1.29 is 21.6 Å². The SMILES string of the molecule is CSc1ccc(S(=O)(=O)C(F)(F)F)cc1. The van der Waals surface area contributed by atoms with Gasteiger partial charge in [-0.3, -0.25) is 0 Å². The van der Waals surface area contributed by atoms with Gasteiger partial charge < -0.3 is 0 Å². The van der Waals surface area contributed by atoms with E-state index in [1.165, 1.54) is 23.9 Å². The highest BCUT2D eigenvalue weighted by Gasteiger charge is 2.46. The van der Waals surface area contributed by atoms with Gasteiger partial charge in [0, 0.05) is 4.90 Å². The highest BCUT2D eigenvalue weighted by molar-refractivity contribution is 7.98. The van der Waals surface area contributed by atoms with Crippen molar-refractivity contribution in [3.05, 3.63) is 24.3 Å². The minimum atomic E-state index is -5.24. The summed E-state index contributed by atoms with van der Waals surface area (Å²) < 4.78 is 58.2. The van der Waals surface area contributed by atoms with Gasteiger partial charge in [-0.05, 0) is 30.5 Å². The van der Waals surface area contributed by atoms with Crippen LogP contribution in [0.25, 0.3) is 0 Å². The molecule has 0 spiro atoms. The molecule has 0 atom stereocenters. The van der Waals surface area contributed by atoms with E-state index in [0.29, 0.717) is 4.90 Å². The van der Waals surface area contributed by atoms with E-state index in [0.717, 1.165) is 12.1 Å². The average Bonchev–Trinajstić information content (AvgIpc) is 2.16. The molecule has 0 heterocycles. The molecule has 0 saturated carbocycles. The quantitative estimate of drug-likeness (QED) is 0.763. The number of hydrogen-bond donors (Lipinski definition) is 0. The zero-order valence-corrected chi connectivity index (χ0v) is 9.21. The molecule has 0 amide bonds. The molecule has 0 unspecified atom stereocenters. The van der Waals surface area contributed by atoms with Crippen LogP contribution in [0.15, 0.2) is 34.1 Å². The fourth-order valence-electron chi connectivity index (χ4n) is 0.889. The molecule has 7 heteroatoms. The Labute approximate surface area is 89.4 Å². The third-order valence-corrected chi connectivity index (χ3v) is 3.92. The first-order valence-electron chi connectivity index (χ1n) is 3.74. The van der Waals surface area contributed by atoms with Gasteiger partial charge in [0.05, 0.1) is 4.90 Å². The van der Waals surface area contributed by atoms with Crippen molar-refractivity contribution in [2.45, 2.75) is 15.3 Å². The minimum Gasteiger partial charge on any atom is -0.214 e. The number of sulfone groups is 1. The van der Waals surface area contributed by atoms with Crippen LogP contribution in [-0.4, -0.2) is 20.2 Å². The second-order valence-corrected chi connectivity index (χ2v) is 5.45. The molecule has 0 saturated heterocycles. The first-order chi connectivity index (χ1) is 6.79. The summed E-state index contributed by atoms with van der Waals surface area (Å²) in [4.78, 5) is -0.0241. The van der Waals surface area contributed by atoms with Gasteiger partial charge in [0.25, 0.3) is 9.84 Å². The first kappa shape index (κ1) is 12.4. The smallest absolute Gasteiger partial charge is 0.214 e. The lowest BCUT2D eigenvalue weighted by molar-refractivity contribution is -0.0436. The molecule has 0 aliphatic heterocycles. The van der Waals surface area contributed by atoms with E-state index in [-0.39, 0.29) is 0 Å². The molecule has 15 heavy (non-hydrogen) atoms. The molecule has 1 aromatic carbocycles. The third kappa shape index (κ3) is 2.46. The molecule has 0 N–H and O–H groups in total. The monoisotopic (exact) mass is 256 g/mol. The van der Waals surface area contributed by atoms with Crippen molar-refractivity contribution in [1.82, 2.24) is 0 Å². The van der Waals surface area contributed by atoms with Crippen LogP contribution >= 0.6 is 11.8 Å². The molecule has 0 aliphatic carbocycles. The third-order valence-electron chi connectivity index (χ3n) is 1.67. The van der Waals surface area contributed by atoms with Crippen LogP contribution in [0, 0.1) is 0 Å². The summed E-state index contributed by atoms with van der Waals surface area (Å²) in [6.07, 6.45) is 1.74. The highest BCUT2D eigenvalue weighted by Crippen LogP contribution is 2.30. The average molecular weight is 256 g/mol. The Morgan fingerprint density at radius 3 is 1.93 bits per heavy atom. The Hall–Kier alpha value is -0.690. The molecule has 0 radical (unpaired) electrons. The van der Waals surface area contributed by atoms with Crippen LogP contribution in [-0.2, 0) is 9.84 Å². The lowest BCUT2D eigenvalue weighted by atomic mass is 10.4. The zero-order chi connectivity index (χ0) is 11.7. The van der Waals surface area contributed by atoms with Crippen molar-refractivity contribution >= 4 is 21.6 Å². The lowest BCUT2D eigenvalue weighted by Gasteiger charge is -2.07. The summed E-state index contributed by atoms with van der Waals surface area (Å²) in [6, 6.07) is 4.58. The Morgan fingerprint density at radius 1 is 1.13 bits per heavy atom. The van der Waals surface area contributed by atoms with E-state index < -0.39 is 20.2 Å². The number of hydrogen-bond acceptors (Lipinski definition) is 3. The zero-order valence-electron chi connectivity index (χ0n) is 7.58. The topological polar surface area (TPSA) is 34.1 Å². The summed E-state index contributed by atoms with van der Waals surface area (Å²) in [6.45, 7) is 0. The Morgan fingerprint density at radius 2 is 1.60 bits per heavy atom. The summed E-state index contributed by atoms with van der Waals surface area (Å²) >= 11 is 1.32. The number of rotatable bonds is 2. The van der Waals surface area contributed by atoms with Gasteiger partial charge in [0.1, 0.15) is 0 Å². The van der Waals surface area contributed by atoms with Crippen molar-refractivity contribution in [3.63, 3.8) is 0 Å². The Balaban J connectivity index is 3.18. The van der Waals surface area contributed by atoms with Gasteiger partial charge >= 0.3 is 5.51 Å². The van der Waals surface area contributed by atoms with Crippen LogP contribution in [0.3, 0.4) is 0 Å². The van der Waals surface area contributed by atoms with Crippen LogP contribution in [0.5, 0.6) is 0 Å². The van der Waals surface area contributed by atoms with Gasteiger partial charge in [0.2, 0.25) is 0 Å². The Bertz CT molecular complexity index is 434. The van der Waals surface area contributed by atoms with E-state index in [1.54, 1.807) is 6.26 Å². The number of thioether (sulfide) groups is 1. The van der Waals surface area contributed by atoms with Crippen molar-refractivity contribution in [1.29, 1.82) is 0 Å². The highest BCUT2D eigenvalue weighted by atomic mass is 32.2. The van der Waals surface area contributed by atoms with Crippen molar-refractivity contribution in [2.75, 3.05) is 6.26 Å². The van der Waals surface area contributed by atoms with E-state index >= 15 is 0 Å². The fourth-order valence-corrected chi connectivity index (χ4v) is 2.06. The summed E-state index contributed by atoms with van der Waals surface area (Å²) in [5, 5.41) is 0. The predicted molar refractivity (Wildman–Crippen MR) is 51.5 cm³/mol. The molecule has 2 nitrogen and oxygen atoms in total. The van der Waals surface area contributed by atoms with Crippen molar-refractivity contribution in [3.8, 4) is 0 Å². The lowest BCUT2D eigenvalue weighted by Crippen LogP contribution is -2.23.